The summed E-state index contributed by atoms with van der Waals surface area (Å²) in [4.78, 5) is 14.6. The molecule has 0 aromatic carbocycles. The molecule has 2 saturated heterocycles. The van der Waals surface area contributed by atoms with Gasteiger partial charge in [-0.25, -0.2) is 0 Å². The number of carbonyl (C=O) groups excluding carboxylic acids is 1. The van der Waals surface area contributed by atoms with E-state index < -0.39 is 0 Å². The zero-order chi connectivity index (χ0) is 12.3. The minimum absolute atomic E-state index is 0.261. The van der Waals surface area contributed by atoms with Crippen LogP contribution in [0.3, 0.4) is 0 Å². The van der Waals surface area contributed by atoms with E-state index in [0.29, 0.717) is 12.6 Å². The molecule has 2 rings (SSSR count). The summed E-state index contributed by atoms with van der Waals surface area (Å²) >= 11 is 1.94. The van der Waals surface area contributed by atoms with Crippen LogP contribution in [0.5, 0.6) is 0 Å². The number of rotatable bonds is 4. The molecule has 0 spiro atoms. The summed E-state index contributed by atoms with van der Waals surface area (Å²) in [6, 6.07) is 0.418. The average Bonchev–Trinajstić information content (AvgIpc) is 2.99. The molecule has 5 heteroatoms. The van der Waals surface area contributed by atoms with Crippen LogP contribution >= 0.6 is 11.8 Å². The van der Waals surface area contributed by atoms with Crippen molar-refractivity contribution in [2.45, 2.75) is 18.9 Å². The van der Waals surface area contributed by atoms with Gasteiger partial charge in [0.2, 0.25) is 5.91 Å². The molecule has 0 aromatic heterocycles. The van der Waals surface area contributed by atoms with E-state index in [9.17, 15) is 4.79 Å². The highest BCUT2D eigenvalue weighted by molar-refractivity contribution is 7.99. The third kappa shape index (κ3) is 2.61. The molecular formula is C12H22N2O2S. The van der Waals surface area contributed by atoms with Crippen LogP contribution in [0, 0.1) is 5.41 Å². The first-order chi connectivity index (χ1) is 8.19. The van der Waals surface area contributed by atoms with Crippen molar-refractivity contribution in [1.29, 1.82) is 0 Å². The van der Waals surface area contributed by atoms with E-state index in [1.165, 1.54) is 5.75 Å². The van der Waals surface area contributed by atoms with E-state index >= 15 is 0 Å². The zero-order valence-electron chi connectivity index (χ0n) is 10.7. The first-order valence-electron chi connectivity index (χ1n) is 6.24. The van der Waals surface area contributed by atoms with Gasteiger partial charge in [0.1, 0.15) is 0 Å². The fourth-order valence-corrected chi connectivity index (χ4v) is 4.02. The maximum atomic E-state index is 12.6. The van der Waals surface area contributed by atoms with E-state index in [4.69, 9.17) is 4.74 Å². The van der Waals surface area contributed by atoms with Crippen molar-refractivity contribution in [1.82, 2.24) is 10.2 Å². The molecule has 2 unspecified atom stereocenters. The molecule has 2 heterocycles. The van der Waals surface area contributed by atoms with Crippen LogP contribution in [0.15, 0.2) is 0 Å². The molecular weight excluding hydrogens is 236 g/mol. The minimum atomic E-state index is -0.323. The van der Waals surface area contributed by atoms with Gasteiger partial charge in [-0.2, -0.15) is 11.8 Å². The quantitative estimate of drug-likeness (QED) is 0.801. The van der Waals surface area contributed by atoms with Crippen molar-refractivity contribution < 1.29 is 9.53 Å². The lowest BCUT2D eigenvalue weighted by molar-refractivity contribution is -0.144. The number of ether oxygens (including phenoxy) is 1. The summed E-state index contributed by atoms with van der Waals surface area (Å²) in [7, 11) is 3.63. The topological polar surface area (TPSA) is 41.6 Å². The molecule has 0 bridgehead atoms. The minimum Gasteiger partial charge on any atom is -0.384 e. The largest absolute Gasteiger partial charge is 0.384 e. The van der Waals surface area contributed by atoms with Crippen LogP contribution < -0.4 is 5.32 Å². The Balaban J connectivity index is 2.04. The van der Waals surface area contributed by atoms with Crippen molar-refractivity contribution in [3.63, 3.8) is 0 Å². The Kier molecular flexibility index (Phi) is 4.33. The number of amides is 1. The van der Waals surface area contributed by atoms with Gasteiger partial charge >= 0.3 is 0 Å². The van der Waals surface area contributed by atoms with Crippen LogP contribution in [-0.4, -0.2) is 62.2 Å². The summed E-state index contributed by atoms with van der Waals surface area (Å²) in [6.07, 6.45) is 2.02. The smallest absolute Gasteiger partial charge is 0.232 e. The molecule has 0 aromatic rings. The van der Waals surface area contributed by atoms with Gasteiger partial charge in [0, 0.05) is 32.5 Å². The lowest BCUT2D eigenvalue weighted by Crippen LogP contribution is -2.50. The second-order valence-corrected chi connectivity index (χ2v) is 6.22. The van der Waals surface area contributed by atoms with Crippen LogP contribution in [-0.2, 0) is 9.53 Å². The summed E-state index contributed by atoms with van der Waals surface area (Å²) in [5.74, 6) is 2.52. The Morgan fingerprint density at radius 2 is 2.47 bits per heavy atom. The van der Waals surface area contributed by atoms with Crippen LogP contribution in [0.1, 0.15) is 12.8 Å². The third-order valence-corrected chi connectivity index (χ3v) is 5.04. The Hall–Kier alpha value is -0.260. The molecule has 4 nitrogen and oxygen atoms in total. The molecule has 1 N–H and O–H groups in total. The van der Waals surface area contributed by atoms with Crippen molar-refractivity contribution in [2.75, 3.05) is 45.4 Å². The summed E-state index contributed by atoms with van der Waals surface area (Å²) in [5, 5.41) is 3.29. The number of carbonyl (C=O) groups is 1. The van der Waals surface area contributed by atoms with E-state index in [1.807, 2.05) is 23.7 Å². The molecule has 2 atom stereocenters. The van der Waals surface area contributed by atoms with Crippen LogP contribution in [0.4, 0.5) is 0 Å². The second kappa shape index (κ2) is 5.59. The average molecular weight is 258 g/mol. The van der Waals surface area contributed by atoms with Crippen molar-refractivity contribution >= 4 is 17.7 Å². The highest BCUT2D eigenvalue weighted by Crippen LogP contribution is 2.31. The number of hydrogen-bond acceptors (Lipinski definition) is 4. The maximum absolute atomic E-state index is 12.6. The van der Waals surface area contributed by atoms with E-state index in [0.717, 1.165) is 31.7 Å². The molecule has 1 amide bonds. The predicted molar refractivity (Wildman–Crippen MR) is 70.3 cm³/mol. The van der Waals surface area contributed by atoms with Crippen LogP contribution in [0.25, 0.3) is 0 Å². The number of hydrogen-bond donors (Lipinski definition) is 1. The maximum Gasteiger partial charge on any atom is 0.232 e. The van der Waals surface area contributed by atoms with Gasteiger partial charge in [0.25, 0.3) is 0 Å². The Bertz CT molecular complexity index is 274. The van der Waals surface area contributed by atoms with Gasteiger partial charge in [-0.05, 0) is 25.1 Å². The molecule has 17 heavy (non-hydrogen) atoms. The van der Waals surface area contributed by atoms with E-state index in [2.05, 4.69) is 5.32 Å². The van der Waals surface area contributed by atoms with Gasteiger partial charge < -0.3 is 15.0 Å². The number of methoxy groups -OCH3 is 1. The summed E-state index contributed by atoms with van der Waals surface area (Å²) in [5.41, 5.74) is -0.323. The van der Waals surface area contributed by atoms with Crippen molar-refractivity contribution in [2.24, 2.45) is 5.41 Å². The number of thioether (sulfide) groups is 1. The third-order valence-electron chi connectivity index (χ3n) is 3.89. The summed E-state index contributed by atoms with van der Waals surface area (Å²) < 4.78 is 5.27. The fourth-order valence-electron chi connectivity index (χ4n) is 2.75. The van der Waals surface area contributed by atoms with E-state index in [1.54, 1.807) is 7.11 Å². The van der Waals surface area contributed by atoms with Crippen molar-refractivity contribution in [3.8, 4) is 0 Å². The molecule has 0 radical (unpaired) electrons. The Morgan fingerprint density at radius 1 is 1.65 bits per heavy atom. The lowest BCUT2D eigenvalue weighted by atomic mass is 9.86. The standard InChI is InChI=1S/C12H22N2O2S/c1-14(10-3-6-17-7-10)11(15)12(9-16-2)4-5-13-8-12/h10,13H,3-9H2,1-2H3. The molecule has 2 aliphatic rings. The molecule has 0 saturated carbocycles. The number of nitrogens with one attached hydrogen (secondary N) is 1. The normalized spacial score (nSPS) is 32.9. The van der Waals surface area contributed by atoms with Gasteiger partial charge in [-0.15, -0.1) is 0 Å². The molecule has 98 valence electrons. The highest BCUT2D eigenvalue weighted by Gasteiger charge is 2.44. The van der Waals surface area contributed by atoms with Gasteiger partial charge in [-0.3, -0.25) is 4.79 Å². The first-order valence-corrected chi connectivity index (χ1v) is 7.40. The van der Waals surface area contributed by atoms with E-state index in [-0.39, 0.29) is 11.3 Å². The lowest BCUT2D eigenvalue weighted by Gasteiger charge is -2.34. The van der Waals surface area contributed by atoms with Gasteiger partial charge in [0.05, 0.1) is 12.0 Å². The van der Waals surface area contributed by atoms with Gasteiger partial charge in [0.15, 0.2) is 0 Å². The zero-order valence-corrected chi connectivity index (χ0v) is 11.5. The second-order valence-electron chi connectivity index (χ2n) is 5.07. The highest BCUT2D eigenvalue weighted by atomic mass is 32.2. The first kappa shape index (κ1) is 13.2. The molecule has 0 aliphatic carbocycles. The fraction of sp³-hybridized carbons (Fsp3) is 0.917. The number of nitrogens with zero attached hydrogens (tertiary/aromatic N) is 1. The van der Waals surface area contributed by atoms with Crippen LogP contribution in [0.2, 0.25) is 0 Å². The SMILES string of the molecule is COCC1(C(=O)N(C)C2CCSC2)CCNC1. The predicted octanol–water partition coefficient (Wildman–Crippen LogP) is 0.576. The Labute approximate surface area is 107 Å². The Morgan fingerprint density at radius 3 is 3.00 bits per heavy atom. The molecule has 2 aliphatic heterocycles. The van der Waals surface area contributed by atoms with Crippen molar-refractivity contribution in [3.05, 3.63) is 0 Å². The monoisotopic (exact) mass is 258 g/mol. The van der Waals surface area contributed by atoms with Gasteiger partial charge in [-0.1, -0.05) is 0 Å². The molecule has 2 fully saturated rings. The summed E-state index contributed by atoms with van der Waals surface area (Å²) in [6.45, 7) is 2.20.